The SMILES string of the molecule is CCOC(=O)/C=C/CC1COC/C1=C(/c1ccc(Cl)cc1)[Si](C)(C)C. The van der Waals surface area contributed by atoms with Crippen molar-refractivity contribution >= 4 is 30.8 Å². The fourth-order valence-corrected chi connectivity index (χ4v) is 5.65. The summed E-state index contributed by atoms with van der Waals surface area (Å²) in [6.45, 7) is 10.6. The van der Waals surface area contributed by atoms with Gasteiger partial charge in [0.15, 0.2) is 0 Å². The maximum absolute atomic E-state index is 11.5. The van der Waals surface area contributed by atoms with Crippen molar-refractivity contribution in [3.63, 3.8) is 0 Å². The number of esters is 1. The minimum atomic E-state index is -1.58. The minimum Gasteiger partial charge on any atom is -0.463 e. The summed E-state index contributed by atoms with van der Waals surface area (Å²) in [4.78, 5) is 11.5. The maximum atomic E-state index is 11.5. The molecule has 0 aromatic heterocycles. The third-order valence-electron chi connectivity index (χ3n) is 4.23. The highest BCUT2D eigenvalue weighted by Crippen LogP contribution is 2.37. The van der Waals surface area contributed by atoms with Gasteiger partial charge in [0, 0.05) is 17.0 Å². The molecule has 1 aliphatic heterocycles. The Kier molecular flexibility index (Phi) is 7.05. The van der Waals surface area contributed by atoms with E-state index >= 15 is 0 Å². The molecule has 0 bridgehead atoms. The van der Waals surface area contributed by atoms with Gasteiger partial charge in [0.05, 0.1) is 27.9 Å². The number of ether oxygens (including phenoxy) is 2. The van der Waals surface area contributed by atoms with Crippen LogP contribution in [0.5, 0.6) is 0 Å². The summed E-state index contributed by atoms with van der Waals surface area (Å²) < 4.78 is 10.7. The lowest BCUT2D eigenvalue weighted by molar-refractivity contribution is -0.137. The second kappa shape index (κ2) is 8.83. The van der Waals surface area contributed by atoms with Gasteiger partial charge in [0.1, 0.15) is 0 Å². The van der Waals surface area contributed by atoms with E-state index in [-0.39, 0.29) is 5.97 Å². The molecule has 1 heterocycles. The predicted molar refractivity (Wildman–Crippen MR) is 106 cm³/mol. The number of allylic oxidation sites excluding steroid dienone is 1. The van der Waals surface area contributed by atoms with Gasteiger partial charge in [-0.3, -0.25) is 0 Å². The fraction of sp³-hybridized carbons (Fsp3) is 0.450. The van der Waals surface area contributed by atoms with E-state index in [1.54, 1.807) is 0 Å². The van der Waals surface area contributed by atoms with Crippen molar-refractivity contribution in [2.75, 3.05) is 19.8 Å². The van der Waals surface area contributed by atoms with Crippen LogP contribution in [0.4, 0.5) is 0 Å². The zero-order valence-corrected chi connectivity index (χ0v) is 17.2. The van der Waals surface area contributed by atoms with E-state index in [9.17, 15) is 4.79 Å². The molecule has 1 aromatic carbocycles. The highest BCUT2D eigenvalue weighted by Gasteiger charge is 2.31. The van der Waals surface area contributed by atoms with Gasteiger partial charge in [-0.1, -0.05) is 54.6 Å². The molecular weight excluding hydrogens is 352 g/mol. The maximum Gasteiger partial charge on any atom is 0.330 e. The number of carbonyl (C=O) groups excluding carboxylic acids is 1. The van der Waals surface area contributed by atoms with Gasteiger partial charge in [0.25, 0.3) is 0 Å². The second-order valence-electron chi connectivity index (χ2n) is 7.26. The van der Waals surface area contributed by atoms with Crippen LogP contribution in [-0.4, -0.2) is 33.9 Å². The number of hydrogen-bond donors (Lipinski definition) is 0. The summed E-state index contributed by atoms with van der Waals surface area (Å²) >= 11 is 6.06. The lowest BCUT2D eigenvalue weighted by atomic mass is 9.96. The third-order valence-corrected chi connectivity index (χ3v) is 6.60. The number of benzene rings is 1. The van der Waals surface area contributed by atoms with E-state index in [2.05, 4.69) is 31.8 Å². The molecule has 0 N–H and O–H groups in total. The summed E-state index contributed by atoms with van der Waals surface area (Å²) in [6, 6.07) is 8.10. The molecule has 1 aromatic rings. The quantitative estimate of drug-likeness (QED) is 0.391. The van der Waals surface area contributed by atoms with Gasteiger partial charge >= 0.3 is 5.97 Å². The van der Waals surface area contributed by atoms with Crippen LogP contribution in [0.2, 0.25) is 24.7 Å². The Balaban J connectivity index is 2.30. The highest BCUT2D eigenvalue weighted by atomic mass is 35.5. The van der Waals surface area contributed by atoms with Crippen LogP contribution in [0.25, 0.3) is 5.20 Å². The Morgan fingerprint density at radius 3 is 2.60 bits per heavy atom. The summed E-state index contributed by atoms with van der Waals surface area (Å²) in [5, 5.41) is 2.19. The van der Waals surface area contributed by atoms with E-state index in [0.717, 1.165) is 11.4 Å². The molecule has 0 aliphatic carbocycles. The van der Waals surface area contributed by atoms with Crippen molar-refractivity contribution < 1.29 is 14.3 Å². The number of hydrogen-bond acceptors (Lipinski definition) is 3. The smallest absolute Gasteiger partial charge is 0.330 e. The van der Waals surface area contributed by atoms with Gasteiger partial charge in [-0.05, 0) is 36.6 Å². The number of rotatable bonds is 6. The molecule has 2 rings (SSSR count). The van der Waals surface area contributed by atoms with Crippen molar-refractivity contribution in [1.29, 1.82) is 0 Å². The molecule has 0 amide bonds. The monoisotopic (exact) mass is 378 g/mol. The van der Waals surface area contributed by atoms with Crippen LogP contribution in [-0.2, 0) is 14.3 Å². The molecule has 1 atom stereocenters. The lowest BCUT2D eigenvalue weighted by Crippen LogP contribution is -2.26. The Hall–Kier alpha value is -1.36. The van der Waals surface area contributed by atoms with Crippen LogP contribution >= 0.6 is 11.6 Å². The third kappa shape index (κ3) is 5.56. The van der Waals surface area contributed by atoms with E-state index in [4.69, 9.17) is 21.1 Å². The van der Waals surface area contributed by atoms with Gasteiger partial charge in [0.2, 0.25) is 0 Å². The Labute approximate surface area is 156 Å². The van der Waals surface area contributed by atoms with Gasteiger partial charge in [-0.2, -0.15) is 0 Å². The molecule has 0 saturated carbocycles. The molecule has 25 heavy (non-hydrogen) atoms. The topological polar surface area (TPSA) is 35.5 Å². The van der Waals surface area contributed by atoms with Crippen molar-refractivity contribution in [2.24, 2.45) is 5.92 Å². The first-order valence-corrected chi connectivity index (χ1v) is 12.6. The number of carbonyl (C=O) groups is 1. The molecule has 1 fully saturated rings. The minimum absolute atomic E-state index is 0.282. The molecule has 1 unspecified atom stereocenters. The molecule has 1 aliphatic rings. The Bertz CT molecular complexity index is 657. The van der Waals surface area contributed by atoms with Gasteiger partial charge in [-0.15, -0.1) is 0 Å². The van der Waals surface area contributed by atoms with Crippen molar-refractivity contribution in [3.8, 4) is 0 Å². The second-order valence-corrected chi connectivity index (χ2v) is 12.7. The lowest BCUT2D eigenvalue weighted by Gasteiger charge is -2.26. The van der Waals surface area contributed by atoms with E-state index < -0.39 is 8.07 Å². The molecular formula is C20H27ClO3Si. The molecule has 136 valence electrons. The summed E-state index contributed by atoms with van der Waals surface area (Å²) in [5.41, 5.74) is 2.61. The van der Waals surface area contributed by atoms with Crippen molar-refractivity contribution in [1.82, 2.24) is 0 Å². The highest BCUT2D eigenvalue weighted by molar-refractivity contribution is 6.93. The molecule has 1 saturated heterocycles. The Morgan fingerprint density at radius 2 is 2.00 bits per heavy atom. The Morgan fingerprint density at radius 1 is 1.32 bits per heavy atom. The van der Waals surface area contributed by atoms with Crippen LogP contribution in [0.3, 0.4) is 0 Å². The first-order chi connectivity index (χ1) is 11.8. The molecule has 0 spiro atoms. The first-order valence-electron chi connectivity index (χ1n) is 8.73. The standard InChI is InChI=1S/C20H27ClO3Si/c1-5-24-19(22)8-6-7-16-13-23-14-18(16)20(25(2,3)4)15-9-11-17(21)12-10-15/h6,8-12,16H,5,7,13-14H2,1-4H3/b8-6+,20-18+. The van der Waals surface area contributed by atoms with Crippen LogP contribution < -0.4 is 0 Å². The van der Waals surface area contributed by atoms with Crippen LogP contribution in [0.15, 0.2) is 42.0 Å². The van der Waals surface area contributed by atoms with Gasteiger partial charge < -0.3 is 9.47 Å². The zero-order chi connectivity index (χ0) is 18.4. The average molecular weight is 379 g/mol. The predicted octanol–water partition coefficient (Wildman–Crippen LogP) is 5.13. The first kappa shape index (κ1) is 20.0. The summed E-state index contributed by atoms with van der Waals surface area (Å²) in [5.74, 6) is 0.0261. The average Bonchev–Trinajstić information content (AvgIpc) is 2.96. The molecule has 3 nitrogen and oxygen atoms in total. The normalized spacial score (nSPS) is 20.1. The van der Waals surface area contributed by atoms with Crippen LogP contribution in [0.1, 0.15) is 18.9 Å². The van der Waals surface area contributed by atoms with Gasteiger partial charge in [-0.25, -0.2) is 4.79 Å². The van der Waals surface area contributed by atoms with Crippen molar-refractivity contribution in [2.45, 2.75) is 33.0 Å². The van der Waals surface area contributed by atoms with E-state index in [0.29, 0.717) is 25.7 Å². The summed E-state index contributed by atoms with van der Waals surface area (Å²) in [7, 11) is -1.58. The van der Waals surface area contributed by atoms with E-state index in [1.807, 2.05) is 25.1 Å². The van der Waals surface area contributed by atoms with E-state index in [1.165, 1.54) is 22.4 Å². The van der Waals surface area contributed by atoms with Crippen LogP contribution in [0, 0.1) is 5.92 Å². The fourth-order valence-electron chi connectivity index (χ4n) is 3.25. The number of halogens is 1. The molecule has 0 radical (unpaired) electrons. The largest absolute Gasteiger partial charge is 0.463 e. The summed E-state index contributed by atoms with van der Waals surface area (Å²) in [6.07, 6.45) is 4.21. The zero-order valence-electron chi connectivity index (χ0n) is 15.5. The molecule has 5 heteroatoms. The van der Waals surface area contributed by atoms with Crippen molar-refractivity contribution in [3.05, 3.63) is 52.6 Å².